The van der Waals surface area contributed by atoms with Crippen LogP contribution in [0.15, 0.2) is 36.9 Å². The van der Waals surface area contributed by atoms with Crippen LogP contribution in [0, 0.1) is 0 Å². The molecule has 5 heteroatoms. The van der Waals surface area contributed by atoms with Crippen LogP contribution in [0.4, 0.5) is 0 Å². The molecule has 1 aromatic rings. The Morgan fingerprint density at radius 1 is 1.42 bits per heavy atom. The Morgan fingerprint density at radius 2 is 2.11 bits per heavy atom. The van der Waals surface area contributed by atoms with Gasteiger partial charge in [0.1, 0.15) is 0 Å². The average Bonchev–Trinajstić information content (AvgIpc) is 2.42. The lowest BCUT2D eigenvalue weighted by atomic mass is 10.1. The summed E-state index contributed by atoms with van der Waals surface area (Å²) in [5.41, 5.74) is 0.439. The minimum Gasteiger partial charge on any atom is -0.478 e. The molecule has 0 aliphatic heterocycles. The molecule has 0 aliphatic rings. The van der Waals surface area contributed by atoms with Gasteiger partial charge in [0.05, 0.1) is 12.2 Å². The number of ether oxygens (including phenoxy) is 1. The van der Waals surface area contributed by atoms with Gasteiger partial charge in [-0.3, -0.25) is 4.79 Å². The number of methoxy groups -OCH3 is 1. The summed E-state index contributed by atoms with van der Waals surface area (Å²) in [5, 5.41) is 8.91. The number of aromatic carboxylic acids is 1. The number of carboxylic acid groups (broad SMARTS) is 1. The molecule has 0 unspecified atom stereocenters. The van der Waals surface area contributed by atoms with E-state index in [1.807, 2.05) is 0 Å². The summed E-state index contributed by atoms with van der Waals surface area (Å²) in [4.78, 5) is 24.7. The third-order valence-electron chi connectivity index (χ3n) is 2.56. The van der Waals surface area contributed by atoms with Crippen molar-refractivity contribution in [1.82, 2.24) is 4.90 Å². The predicted molar refractivity (Wildman–Crippen MR) is 71.4 cm³/mol. The Kier molecular flexibility index (Phi) is 5.75. The molecule has 19 heavy (non-hydrogen) atoms. The molecule has 0 bridgehead atoms. The standard InChI is InChI=1S/C14H17NO4/c1-3-7-15(8-9-19-2)13(16)11-5-4-6-12(10-11)14(17)18/h3-6,10H,1,7-9H2,2H3,(H,17,18). The predicted octanol–water partition coefficient (Wildman–Crippen LogP) is 1.66. The van der Waals surface area contributed by atoms with Gasteiger partial charge in [0.25, 0.3) is 5.91 Å². The lowest BCUT2D eigenvalue weighted by Crippen LogP contribution is -2.34. The normalized spacial score (nSPS) is 9.95. The minimum atomic E-state index is -1.05. The number of benzene rings is 1. The first kappa shape index (κ1) is 14.9. The minimum absolute atomic E-state index is 0.0937. The van der Waals surface area contributed by atoms with Crippen molar-refractivity contribution in [3.8, 4) is 0 Å². The number of carboxylic acids is 1. The van der Waals surface area contributed by atoms with Crippen molar-refractivity contribution in [3.05, 3.63) is 48.0 Å². The molecule has 1 aromatic carbocycles. The van der Waals surface area contributed by atoms with Crippen molar-refractivity contribution in [2.24, 2.45) is 0 Å². The Labute approximate surface area is 112 Å². The maximum Gasteiger partial charge on any atom is 0.335 e. The molecule has 0 heterocycles. The highest BCUT2D eigenvalue weighted by molar-refractivity contribution is 5.97. The van der Waals surface area contributed by atoms with Crippen molar-refractivity contribution in [2.45, 2.75) is 0 Å². The fraction of sp³-hybridized carbons (Fsp3) is 0.286. The van der Waals surface area contributed by atoms with Crippen LogP contribution in [-0.4, -0.2) is 48.7 Å². The van der Waals surface area contributed by atoms with Crippen LogP contribution in [0.5, 0.6) is 0 Å². The lowest BCUT2D eigenvalue weighted by Gasteiger charge is -2.20. The van der Waals surface area contributed by atoms with E-state index in [1.54, 1.807) is 30.2 Å². The molecule has 1 amide bonds. The average molecular weight is 263 g/mol. The van der Waals surface area contributed by atoms with Gasteiger partial charge in [-0.15, -0.1) is 6.58 Å². The number of hydrogen-bond acceptors (Lipinski definition) is 3. The second-order valence-corrected chi connectivity index (χ2v) is 3.92. The van der Waals surface area contributed by atoms with Crippen LogP contribution >= 0.6 is 0 Å². The molecule has 0 radical (unpaired) electrons. The summed E-state index contributed by atoms with van der Waals surface area (Å²) in [6, 6.07) is 5.97. The molecule has 5 nitrogen and oxygen atoms in total. The first-order chi connectivity index (χ1) is 9.10. The van der Waals surface area contributed by atoms with E-state index in [0.29, 0.717) is 25.3 Å². The number of carbonyl (C=O) groups is 2. The summed E-state index contributed by atoms with van der Waals surface area (Å²) in [7, 11) is 1.56. The summed E-state index contributed by atoms with van der Waals surface area (Å²) < 4.78 is 4.94. The van der Waals surface area contributed by atoms with E-state index in [1.165, 1.54) is 12.1 Å². The molecule has 0 aromatic heterocycles. The van der Waals surface area contributed by atoms with Crippen molar-refractivity contribution in [2.75, 3.05) is 26.8 Å². The van der Waals surface area contributed by atoms with Gasteiger partial charge in [-0.25, -0.2) is 4.79 Å². The number of nitrogens with zero attached hydrogens (tertiary/aromatic N) is 1. The van der Waals surface area contributed by atoms with E-state index >= 15 is 0 Å². The van der Waals surface area contributed by atoms with Crippen molar-refractivity contribution in [3.63, 3.8) is 0 Å². The van der Waals surface area contributed by atoms with Crippen molar-refractivity contribution in [1.29, 1.82) is 0 Å². The second kappa shape index (κ2) is 7.33. The lowest BCUT2D eigenvalue weighted by molar-refractivity contribution is 0.0697. The van der Waals surface area contributed by atoms with Crippen LogP contribution < -0.4 is 0 Å². The van der Waals surface area contributed by atoms with Crippen LogP contribution in [0.25, 0.3) is 0 Å². The third-order valence-corrected chi connectivity index (χ3v) is 2.56. The number of hydrogen-bond donors (Lipinski definition) is 1. The first-order valence-electron chi connectivity index (χ1n) is 5.82. The monoisotopic (exact) mass is 263 g/mol. The smallest absolute Gasteiger partial charge is 0.335 e. The maximum absolute atomic E-state index is 12.2. The molecule has 0 saturated heterocycles. The Balaban J connectivity index is 2.91. The molecule has 0 spiro atoms. The zero-order valence-corrected chi connectivity index (χ0v) is 10.8. The SMILES string of the molecule is C=CCN(CCOC)C(=O)c1cccc(C(=O)O)c1. The Bertz CT molecular complexity index is 470. The highest BCUT2D eigenvalue weighted by Crippen LogP contribution is 2.09. The van der Waals surface area contributed by atoms with Gasteiger partial charge >= 0.3 is 5.97 Å². The fourth-order valence-electron chi connectivity index (χ4n) is 1.60. The van der Waals surface area contributed by atoms with Crippen LogP contribution in [0.2, 0.25) is 0 Å². The highest BCUT2D eigenvalue weighted by atomic mass is 16.5. The molecule has 1 N–H and O–H groups in total. The zero-order chi connectivity index (χ0) is 14.3. The van der Waals surface area contributed by atoms with Gasteiger partial charge in [0.2, 0.25) is 0 Å². The molecule has 0 atom stereocenters. The molecule has 0 fully saturated rings. The number of carbonyl (C=O) groups excluding carboxylic acids is 1. The van der Waals surface area contributed by atoms with E-state index in [9.17, 15) is 9.59 Å². The number of amides is 1. The third kappa shape index (κ3) is 4.22. The molecular weight excluding hydrogens is 246 g/mol. The largest absolute Gasteiger partial charge is 0.478 e. The van der Waals surface area contributed by atoms with Crippen LogP contribution in [0.3, 0.4) is 0 Å². The van der Waals surface area contributed by atoms with Crippen LogP contribution in [0.1, 0.15) is 20.7 Å². The van der Waals surface area contributed by atoms with Crippen molar-refractivity contribution < 1.29 is 19.4 Å². The van der Waals surface area contributed by atoms with E-state index in [0.717, 1.165) is 0 Å². The van der Waals surface area contributed by atoms with E-state index in [-0.39, 0.29) is 11.5 Å². The molecular formula is C14H17NO4. The maximum atomic E-state index is 12.2. The molecule has 1 rings (SSSR count). The van der Waals surface area contributed by atoms with Crippen LogP contribution in [-0.2, 0) is 4.74 Å². The fourth-order valence-corrected chi connectivity index (χ4v) is 1.60. The highest BCUT2D eigenvalue weighted by Gasteiger charge is 2.15. The quantitative estimate of drug-likeness (QED) is 0.760. The zero-order valence-electron chi connectivity index (χ0n) is 10.8. The van der Waals surface area contributed by atoms with E-state index < -0.39 is 5.97 Å². The van der Waals surface area contributed by atoms with Gasteiger partial charge in [-0.05, 0) is 18.2 Å². The second-order valence-electron chi connectivity index (χ2n) is 3.92. The molecule has 0 saturated carbocycles. The number of rotatable bonds is 7. The van der Waals surface area contributed by atoms with E-state index in [4.69, 9.17) is 9.84 Å². The Hall–Kier alpha value is -2.14. The summed E-state index contributed by atoms with van der Waals surface area (Å²) >= 11 is 0. The van der Waals surface area contributed by atoms with Gasteiger partial charge in [0, 0.05) is 25.8 Å². The van der Waals surface area contributed by atoms with Gasteiger partial charge < -0.3 is 14.7 Å². The summed E-state index contributed by atoms with van der Waals surface area (Å²) in [5.74, 6) is -1.29. The first-order valence-corrected chi connectivity index (χ1v) is 5.82. The van der Waals surface area contributed by atoms with Gasteiger partial charge in [-0.1, -0.05) is 12.1 Å². The van der Waals surface area contributed by atoms with Crippen molar-refractivity contribution >= 4 is 11.9 Å². The Morgan fingerprint density at radius 3 is 2.68 bits per heavy atom. The summed E-state index contributed by atoms with van der Waals surface area (Å²) in [6.45, 7) is 4.83. The topological polar surface area (TPSA) is 66.8 Å². The summed E-state index contributed by atoms with van der Waals surface area (Å²) in [6.07, 6.45) is 1.62. The molecule has 102 valence electrons. The van der Waals surface area contributed by atoms with Gasteiger partial charge in [-0.2, -0.15) is 0 Å². The molecule has 0 aliphatic carbocycles. The van der Waals surface area contributed by atoms with E-state index in [2.05, 4.69) is 6.58 Å². The van der Waals surface area contributed by atoms with Gasteiger partial charge in [0.15, 0.2) is 0 Å².